The minimum Gasteiger partial charge on any atom is -0.444 e. The molecule has 18 heteroatoms. The Bertz CT molecular complexity index is 1780. The average Bonchev–Trinajstić information content (AvgIpc) is 3.66. The number of unbranched alkanes of at least 4 members (excludes halogenated alkanes) is 1. The van der Waals surface area contributed by atoms with Gasteiger partial charge in [-0.1, -0.05) is 70.5 Å². The zero-order valence-electron chi connectivity index (χ0n) is 34.1. The maximum Gasteiger partial charge on any atom is 0.410 e. The molecule has 5 N–H and O–H groups in total. The van der Waals surface area contributed by atoms with Gasteiger partial charge in [0.05, 0.1) is 12.6 Å². The van der Waals surface area contributed by atoms with Gasteiger partial charge in [0.1, 0.15) is 24.2 Å². The van der Waals surface area contributed by atoms with E-state index in [9.17, 15) is 33.6 Å². The molecule has 3 aliphatic rings. The van der Waals surface area contributed by atoms with Gasteiger partial charge in [-0.15, -0.1) is 10.2 Å². The first kappa shape index (κ1) is 43.7. The van der Waals surface area contributed by atoms with Crippen LogP contribution in [0.2, 0.25) is 0 Å². The largest absolute Gasteiger partial charge is 0.444 e. The zero-order valence-corrected chi connectivity index (χ0v) is 34.1. The Balaban J connectivity index is 1.29. The van der Waals surface area contributed by atoms with Gasteiger partial charge in [0, 0.05) is 38.4 Å². The number of carbonyl (C=O) groups excluding carboxylic acids is 7. The number of aryl methyl sites for hydroxylation is 1. The number of rotatable bonds is 19. The number of fused-ring (bicyclic) bond motifs is 1. The number of ether oxygens (including phenoxy) is 1. The van der Waals surface area contributed by atoms with Crippen molar-refractivity contribution in [2.24, 2.45) is 11.8 Å². The van der Waals surface area contributed by atoms with Crippen molar-refractivity contribution < 1.29 is 38.3 Å². The van der Waals surface area contributed by atoms with E-state index >= 15 is 0 Å². The van der Waals surface area contributed by atoms with Gasteiger partial charge in [0.2, 0.25) is 29.4 Å². The van der Waals surface area contributed by atoms with Crippen molar-refractivity contribution in [3.63, 3.8) is 0 Å². The van der Waals surface area contributed by atoms with Gasteiger partial charge in [-0.05, 0) is 61.5 Å². The monoisotopic (exact) mass is 806 g/mol. The van der Waals surface area contributed by atoms with Crippen LogP contribution in [-0.2, 0) is 52.9 Å². The highest BCUT2D eigenvalue weighted by Crippen LogP contribution is 2.26. The quantitative estimate of drug-likeness (QED) is 0.101. The second kappa shape index (κ2) is 20.3. The summed E-state index contributed by atoms with van der Waals surface area (Å²) in [6.45, 7) is 9.55. The number of aromatic nitrogens is 4. The number of nitrogens with zero attached hydrogens (tertiary/aromatic N) is 5. The SMILES string of the molecule is CCCC(NC(=O)C1C[C@@H](OC(=O)N2CCc3ccccc3C2)CN1C(=O)[C@@H](NC(=O)[C@H](NC(=O)CCCCc1nn[nH]n1)C(C)C)C(C)C)C(=O)C(=O)NC1CC1. The van der Waals surface area contributed by atoms with Crippen LogP contribution in [0.15, 0.2) is 24.3 Å². The fourth-order valence-electron chi connectivity index (χ4n) is 7.28. The van der Waals surface area contributed by atoms with Crippen molar-refractivity contribution in [1.29, 1.82) is 0 Å². The fourth-order valence-corrected chi connectivity index (χ4v) is 7.28. The molecular formula is C40H58N10O8. The molecule has 1 saturated heterocycles. The molecule has 1 saturated carbocycles. The Hall–Kier alpha value is -5.42. The molecule has 0 spiro atoms. The molecule has 1 aromatic heterocycles. The number of nitrogens with one attached hydrogen (secondary N) is 5. The number of aromatic amines is 1. The lowest BCUT2D eigenvalue weighted by Gasteiger charge is -2.32. The van der Waals surface area contributed by atoms with Gasteiger partial charge in [-0.2, -0.15) is 5.21 Å². The van der Waals surface area contributed by atoms with Crippen molar-refractivity contribution >= 4 is 41.4 Å². The van der Waals surface area contributed by atoms with Crippen LogP contribution in [0, 0.1) is 11.8 Å². The van der Waals surface area contributed by atoms with Crippen LogP contribution in [0.25, 0.3) is 0 Å². The number of likely N-dealkylation sites (tertiary alicyclic amines) is 1. The van der Waals surface area contributed by atoms with E-state index in [1.807, 2.05) is 31.2 Å². The Morgan fingerprint density at radius 2 is 1.66 bits per heavy atom. The van der Waals surface area contributed by atoms with E-state index in [-0.39, 0.29) is 43.7 Å². The number of hydrogen-bond donors (Lipinski definition) is 5. The van der Waals surface area contributed by atoms with Gasteiger partial charge < -0.3 is 35.8 Å². The molecule has 5 atom stereocenters. The number of Topliss-reactive ketones (excluding diaryl/α,β-unsaturated/α-hetero) is 1. The van der Waals surface area contributed by atoms with E-state index in [0.717, 1.165) is 24.0 Å². The van der Waals surface area contributed by atoms with E-state index in [0.29, 0.717) is 51.0 Å². The summed E-state index contributed by atoms with van der Waals surface area (Å²) in [7, 11) is 0. The maximum atomic E-state index is 14.5. The van der Waals surface area contributed by atoms with Crippen molar-refractivity contribution in [2.75, 3.05) is 13.1 Å². The highest BCUT2D eigenvalue weighted by Gasteiger charge is 2.46. The predicted octanol–water partition coefficient (Wildman–Crippen LogP) is 1.49. The molecule has 5 rings (SSSR count). The first-order chi connectivity index (χ1) is 27.7. The summed E-state index contributed by atoms with van der Waals surface area (Å²) < 4.78 is 5.95. The van der Waals surface area contributed by atoms with Gasteiger partial charge in [0.15, 0.2) is 5.82 Å². The lowest BCUT2D eigenvalue weighted by Crippen LogP contribution is -2.59. The average molecular weight is 807 g/mol. The normalized spacial score (nSPS) is 19.2. The molecule has 58 heavy (non-hydrogen) atoms. The Morgan fingerprint density at radius 3 is 2.31 bits per heavy atom. The van der Waals surface area contributed by atoms with Crippen LogP contribution in [0.4, 0.5) is 4.79 Å². The molecule has 1 aliphatic carbocycles. The summed E-state index contributed by atoms with van der Waals surface area (Å²) in [4.78, 5) is 97.7. The lowest BCUT2D eigenvalue weighted by molar-refractivity contribution is -0.144. The van der Waals surface area contributed by atoms with E-state index in [1.165, 1.54) is 4.90 Å². The van der Waals surface area contributed by atoms with Crippen LogP contribution in [-0.4, -0.2) is 121 Å². The molecule has 18 nitrogen and oxygen atoms in total. The molecular weight excluding hydrogens is 749 g/mol. The van der Waals surface area contributed by atoms with Gasteiger partial charge in [-0.25, -0.2) is 4.79 Å². The van der Waals surface area contributed by atoms with E-state index < -0.39 is 71.7 Å². The van der Waals surface area contributed by atoms with Gasteiger partial charge in [0.25, 0.3) is 5.91 Å². The van der Waals surface area contributed by atoms with E-state index in [2.05, 4.69) is 41.9 Å². The molecule has 2 aliphatic heterocycles. The Morgan fingerprint density at radius 1 is 0.931 bits per heavy atom. The number of carbonyl (C=O) groups is 7. The number of ketones is 1. The first-order valence-corrected chi connectivity index (χ1v) is 20.6. The highest BCUT2D eigenvalue weighted by molar-refractivity contribution is 6.38. The summed E-state index contributed by atoms with van der Waals surface area (Å²) in [5, 5.41) is 24.8. The number of amides is 6. The molecule has 2 fully saturated rings. The van der Waals surface area contributed by atoms with Crippen molar-refractivity contribution in [3.8, 4) is 0 Å². The molecule has 2 aromatic rings. The van der Waals surface area contributed by atoms with Crippen molar-refractivity contribution in [2.45, 2.75) is 142 Å². The fraction of sp³-hybridized carbons (Fsp3) is 0.650. The minimum atomic E-state index is -1.18. The topological polar surface area (TPSA) is 238 Å². The molecule has 2 unspecified atom stereocenters. The maximum absolute atomic E-state index is 14.5. The molecule has 3 heterocycles. The first-order valence-electron chi connectivity index (χ1n) is 20.6. The number of H-pyrrole nitrogens is 1. The second-order valence-electron chi connectivity index (χ2n) is 16.2. The smallest absolute Gasteiger partial charge is 0.410 e. The summed E-state index contributed by atoms with van der Waals surface area (Å²) in [6.07, 6.45) is 3.28. The number of benzene rings is 1. The summed E-state index contributed by atoms with van der Waals surface area (Å²) >= 11 is 0. The zero-order chi connectivity index (χ0) is 41.9. The van der Waals surface area contributed by atoms with Crippen LogP contribution < -0.4 is 21.3 Å². The second-order valence-corrected chi connectivity index (χ2v) is 16.2. The molecule has 1 aromatic carbocycles. The third-order valence-electron chi connectivity index (χ3n) is 10.8. The van der Waals surface area contributed by atoms with Crippen LogP contribution >= 0.6 is 0 Å². The standard InChI is InChI=1S/C40H58N10O8/c1-6-11-29(35(52)38(55)41-27-16-17-27)42-36(53)30-20-28(58-40(57)49-19-18-25-12-7-8-13-26(25)21-49)22-50(30)39(56)34(24(4)5)44-37(54)33(23(2)3)43-32(51)15-10-9-14-31-45-47-48-46-31/h7-8,12-13,23-24,27-30,33-34H,6,9-11,14-22H2,1-5H3,(H,41,55)(H,42,53)(H,43,51)(H,44,54)(H,45,46,47,48)/t28-,29?,30?,33-,34+/m1/s1. The molecule has 316 valence electrons. The van der Waals surface area contributed by atoms with Gasteiger partial charge >= 0.3 is 6.09 Å². The van der Waals surface area contributed by atoms with E-state index in [4.69, 9.17) is 4.74 Å². The Kier molecular flexibility index (Phi) is 15.3. The molecule has 0 bridgehead atoms. The summed E-state index contributed by atoms with van der Waals surface area (Å²) in [6, 6.07) is 3.40. The van der Waals surface area contributed by atoms with Crippen molar-refractivity contribution in [1.82, 2.24) is 51.7 Å². The predicted molar refractivity (Wildman–Crippen MR) is 209 cm³/mol. The number of hydrogen-bond acceptors (Lipinski definition) is 11. The van der Waals surface area contributed by atoms with Gasteiger partial charge in [-0.3, -0.25) is 28.8 Å². The summed E-state index contributed by atoms with van der Waals surface area (Å²) in [5.74, 6) is -3.93. The van der Waals surface area contributed by atoms with Crippen molar-refractivity contribution in [3.05, 3.63) is 41.2 Å². The highest BCUT2D eigenvalue weighted by atomic mass is 16.6. The molecule has 6 amide bonds. The summed E-state index contributed by atoms with van der Waals surface area (Å²) in [5.41, 5.74) is 2.16. The third kappa shape index (κ3) is 11.8. The third-order valence-corrected chi connectivity index (χ3v) is 10.8. The van der Waals surface area contributed by atoms with E-state index in [1.54, 1.807) is 32.6 Å². The molecule has 0 radical (unpaired) electrons. The van der Waals surface area contributed by atoms with Crippen LogP contribution in [0.5, 0.6) is 0 Å². The van der Waals surface area contributed by atoms with Crippen LogP contribution in [0.1, 0.15) is 103 Å². The number of tetrazole rings is 1. The Labute approximate surface area is 338 Å². The lowest BCUT2D eigenvalue weighted by atomic mass is 9.98. The minimum absolute atomic E-state index is 0.0540. The van der Waals surface area contributed by atoms with Crippen LogP contribution in [0.3, 0.4) is 0 Å².